The molecule has 0 heterocycles. The third-order valence-corrected chi connectivity index (χ3v) is 3.54. The Kier molecular flexibility index (Phi) is 6.07. The van der Waals surface area contributed by atoms with Crippen LogP contribution in [0.15, 0.2) is 18.2 Å². The van der Waals surface area contributed by atoms with Gasteiger partial charge < -0.3 is 10.1 Å². The number of hydrogen-bond donors (Lipinski definition) is 1. The molecule has 0 aromatic heterocycles. The van der Waals surface area contributed by atoms with E-state index in [2.05, 4.69) is 72.0 Å². The van der Waals surface area contributed by atoms with Gasteiger partial charge in [-0.1, -0.05) is 53.7 Å². The highest BCUT2D eigenvalue weighted by atomic mass is 16.5. The van der Waals surface area contributed by atoms with Gasteiger partial charge in [0.05, 0.1) is 0 Å². The Morgan fingerprint density at radius 1 is 1.20 bits per heavy atom. The molecule has 1 N–H and O–H groups in total. The SMILES string of the molecule is CCC(CNC(C)C)Oc1ccc(C(C)(C)C)cc1C. The molecule has 1 aromatic carbocycles. The van der Waals surface area contributed by atoms with Crippen molar-refractivity contribution >= 4 is 0 Å². The standard InChI is InChI=1S/C18H31NO/c1-8-16(12-19-13(2)3)20-17-10-9-15(11-14(17)4)18(5,6)7/h9-11,13,16,19H,8,12H2,1-7H3. The largest absolute Gasteiger partial charge is 0.489 e. The first-order chi connectivity index (χ1) is 9.24. The molecule has 1 aromatic rings. The molecule has 0 saturated heterocycles. The van der Waals surface area contributed by atoms with E-state index in [-0.39, 0.29) is 11.5 Å². The van der Waals surface area contributed by atoms with Gasteiger partial charge in [0.15, 0.2) is 0 Å². The third kappa shape index (κ3) is 5.16. The van der Waals surface area contributed by atoms with Gasteiger partial charge in [-0.3, -0.25) is 0 Å². The lowest BCUT2D eigenvalue weighted by molar-refractivity contribution is 0.189. The van der Waals surface area contributed by atoms with E-state index in [1.807, 2.05) is 0 Å². The van der Waals surface area contributed by atoms with Crippen molar-refractivity contribution in [3.05, 3.63) is 29.3 Å². The Balaban J connectivity index is 2.76. The van der Waals surface area contributed by atoms with Crippen molar-refractivity contribution in [2.24, 2.45) is 0 Å². The first kappa shape index (κ1) is 17.0. The van der Waals surface area contributed by atoms with Crippen LogP contribution in [-0.2, 0) is 5.41 Å². The van der Waals surface area contributed by atoms with Crippen molar-refractivity contribution < 1.29 is 4.74 Å². The van der Waals surface area contributed by atoms with Gasteiger partial charge >= 0.3 is 0 Å². The zero-order chi connectivity index (χ0) is 15.3. The fraction of sp³-hybridized carbons (Fsp3) is 0.667. The average Bonchev–Trinajstić information content (AvgIpc) is 2.34. The first-order valence-electron chi connectivity index (χ1n) is 7.75. The van der Waals surface area contributed by atoms with Crippen LogP contribution >= 0.6 is 0 Å². The molecule has 0 spiro atoms. The zero-order valence-electron chi connectivity index (χ0n) is 14.2. The number of hydrogen-bond acceptors (Lipinski definition) is 2. The van der Waals surface area contributed by atoms with Crippen LogP contribution in [0.4, 0.5) is 0 Å². The topological polar surface area (TPSA) is 21.3 Å². The maximum absolute atomic E-state index is 6.15. The predicted octanol–water partition coefficient (Wildman–Crippen LogP) is 4.45. The minimum Gasteiger partial charge on any atom is -0.489 e. The summed E-state index contributed by atoms with van der Waals surface area (Å²) in [7, 11) is 0. The van der Waals surface area contributed by atoms with Crippen LogP contribution < -0.4 is 10.1 Å². The Hall–Kier alpha value is -1.02. The number of ether oxygens (including phenoxy) is 1. The van der Waals surface area contributed by atoms with Gasteiger partial charge in [0.2, 0.25) is 0 Å². The average molecular weight is 277 g/mol. The second kappa shape index (κ2) is 7.12. The minimum atomic E-state index is 0.187. The Labute approximate surface area is 124 Å². The molecule has 0 radical (unpaired) electrons. The van der Waals surface area contributed by atoms with E-state index in [1.165, 1.54) is 11.1 Å². The Bertz CT molecular complexity index is 418. The van der Waals surface area contributed by atoms with E-state index in [0.29, 0.717) is 6.04 Å². The molecule has 1 unspecified atom stereocenters. The van der Waals surface area contributed by atoms with Crippen molar-refractivity contribution in [1.82, 2.24) is 5.32 Å². The van der Waals surface area contributed by atoms with E-state index in [4.69, 9.17) is 4.74 Å². The summed E-state index contributed by atoms with van der Waals surface area (Å²) in [6.07, 6.45) is 1.25. The lowest BCUT2D eigenvalue weighted by Crippen LogP contribution is -2.35. The highest BCUT2D eigenvalue weighted by molar-refractivity contribution is 5.38. The molecule has 0 aliphatic heterocycles. The molecule has 0 saturated carbocycles. The van der Waals surface area contributed by atoms with E-state index in [1.54, 1.807) is 0 Å². The van der Waals surface area contributed by atoms with Crippen molar-refractivity contribution in [2.45, 2.75) is 72.4 Å². The Morgan fingerprint density at radius 3 is 2.30 bits per heavy atom. The monoisotopic (exact) mass is 277 g/mol. The summed E-state index contributed by atoms with van der Waals surface area (Å²) < 4.78 is 6.15. The molecule has 20 heavy (non-hydrogen) atoms. The van der Waals surface area contributed by atoms with E-state index in [0.717, 1.165) is 18.7 Å². The lowest BCUT2D eigenvalue weighted by Gasteiger charge is -2.23. The molecule has 1 rings (SSSR count). The van der Waals surface area contributed by atoms with Gasteiger partial charge in [-0.05, 0) is 36.0 Å². The number of aryl methyl sites for hydroxylation is 1. The fourth-order valence-corrected chi connectivity index (χ4v) is 2.06. The normalized spacial score (nSPS) is 13.6. The molecule has 2 heteroatoms. The summed E-state index contributed by atoms with van der Waals surface area (Å²) in [6.45, 7) is 16.2. The van der Waals surface area contributed by atoms with Crippen LogP contribution in [0.2, 0.25) is 0 Å². The van der Waals surface area contributed by atoms with Gasteiger partial charge in [0.1, 0.15) is 11.9 Å². The minimum absolute atomic E-state index is 0.187. The van der Waals surface area contributed by atoms with E-state index in [9.17, 15) is 0 Å². The van der Waals surface area contributed by atoms with Crippen molar-refractivity contribution in [1.29, 1.82) is 0 Å². The summed E-state index contributed by atoms with van der Waals surface area (Å²) in [5.41, 5.74) is 2.77. The summed E-state index contributed by atoms with van der Waals surface area (Å²) in [6, 6.07) is 7.05. The maximum Gasteiger partial charge on any atom is 0.122 e. The van der Waals surface area contributed by atoms with Gasteiger partial charge in [-0.25, -0.2) is 0 Å². The quantitative estimate of drug-likeness (QED) is 0.829. The zero-order valence-corrected chi connectivity index (χ0v) is 14.2. The van der Waals surface area contributed by atoms with Gasteiger partial charge in [0, 0.05) is 12.6 Å². The van der Waals surface area contributed by atoms with Crippen LogP contribution in [0.1, 0.15) is 59.1 Å². The highest BCUT2D eigenvalue weighted by Crippen LogP contribution is 2.28. The molecule has 114 valence electrons. The summed E-state index contributed by atoms with van der Waals surface area (Å²) in [5.74, 6) is 1.01. The smallest absolute Gasteiger partial charge is 0.122 e. The highest BCUT2D eigenvalue weighted by Gasteiger charge is 2.16. The summed E-state index contributed by atoms with van der Waals surface area (Å²) in [4.78, 5) is 0. The summed E-state index contributed by atoms with van der Waals surface area (Å²) >= 11 is 0. The number of rotatable bonds is 6. The maximum atomic E-state index is 6.15. The number of benzene rings is 1. The third-order valence-electron chi connectivity index (χ3n) is 3.54. The van der Waals surface area contributed by atoms with Crippen LogP contribution in [0.3, 0.4) is 0 Å². The lowest BCUT2D eigenvalue weighted by atomic mass is 9.86. The second-order valence-corrected chi connectivity index (χ2v) is 6.94. The van der Waals surface area contributed by atoms with Gasteiger partial charge in [0.25, 0.3) is 0 Å². The number of nitrogens with one attached hydrogen (secondary N) is 1. The van der Waals surface area contributed by atoms with Crippen LogP contribution in [0.25, 0.3) is 0 Å². The summed E-state index contributed by atoms with van der Waals surface area (Å²) in [5, 5.41) is 3.45. The van der Waals surface area contributed by atoms with Gasteiger partial charge in [-0.15, -0.1) is 0 Å². The molecule has 0 aliphatic rings. The fourth-order valence-electron chi connectivity index (χ4n) is 2.06. The van der Waals surface area contributed by atoms with Gasteiger partial charge in [-0.2, -0.15) is 0 Å². The second-order valence-electron chi connectivity index (χ2n) is 6.94. The van der Waals surface area contributed by atoms with E-state index < -0.39 is 0 Å². The van der Waals surface area contributed by atoms with Crippen molar-refractivity contribution in [3.8, 4) is 5.75 Å². The molecule has 0 bridgehead atoms. The molecule has 0 fully saturated rings. The molecule has 0 aliphatic carbocycles. The van der Waals surface area contributed by atoms with Crippen molar-refractivity contribution in [3.63, 3.8) is 0 Å². The molecule has 0 amide bonds. The molecule has 2 nitrogen and oxygen atoms in total. The molecule has 1 atom stereocenters. The van der Waals surface area contributed by atoms with E-state index >= 15 is 0 Å². The molecular weight excluding hydrogens is 246 g/mol. The molecular formula is C18H31NO. The van der Waals surface area contributed by atoms with Crippen molar-refractivity contribution in [2.75, 3.05) is 6.54 Å². The van der Waals surface area contributed by atoms with Crippen LogP contribution in [-0.4, -0.2) is 18.7 Å². The Morgan fingerprint density at radius 2 is 1.85 bits per heavy atom. The van der Waals surface area contributed by atoms with Crippen LogP contribution in [0, 0.1) is 6.92 Å². The first-order valence-corrected chi connectivity index (χ1v) is 7.75. The predicted molar refractivity (Wildman–Crippen MR) is 87.7 cm³/mol. The van der Waals surface area contributed by atoms with Crippen LogP contribution in [0.5, 0.6) is 5.75 Å².